The van der Waals surface area contributed by atoms with Gasteiger partial charge in [0.2, 0.25) is 0 Å². The lowest BCUT2D eigenvalue weighted by molar-refractivity contribution is -0.123. The van der Waals surface area contributed by atoms with Crippen LogP contribution < -0.4 is 10.1 Å². The average molecular weight is 334 g/mol. The predicted octanol–water partition coefficient (Wildman–Crippen LogP) is 2.74. The molecule has 1 heterocycles. The molecule has 0 radical (unpaired) electrons. The highest BCUT2D eigenvalue weighted by atomic mass is 35.5. The molecule has 122 valence electrons. The minimum absolute atomic E-state index is 0.00609. The van der Waals surface area contributed by atoms with Gasteiger partial charge in [0.1, 0.15) is 5.69 Å². The molecule has 1 saturated carbocycles. The molecule has 6 heteroatoms. The van der Waals surface area contributed by atoms with Crippen molar-refractivity contribution in [3.05, 3.63) is 46.2 Å². The monoisotopic (exact) mass is 333 g/mol. The molecule has 0 aliphatic heterocycles. The second-order valence-electron chi connectivity index (χ2n) is 5.98. The first kappa shape index (κ1) is 15.9. The number of hydrogen-bond acceptors (Lipinski definition) is 3. The Morgan fingerprint density at radius 3 is 2.91 bits per heavy atom. The molecule has 0 bridgehead atoms. The third kappa shape index (κ3) is 3.50. The smallest absolute Gasteiger partial charge is 0.258 e. The van der Waals surface area contributed by atoms with Crippen molar-refractivity contribution in [3.8, 4) is 5.75 Å². The Morgan fingerprint density at radius 2 is 2.26 bits per heavy atom. The molecule has 1 amide bonds. The number of halogens is 1. The Hall–Kier alpha value is -2.01. The van der Waals surface area contributed by atoms with Gasteiger partial charge in [-0.3, -0.25) is 9.48 Å². The molecule has 5 nitrogen and oxygen atoms in total. The Balaban J connectivity index is 1.51. The molecule has 1 aromatic carbocycles. The van der Waals surface area contributed by atoms with Gasteiger partial charge in [-0.15, -0.1) is 0 Å². The fraction of sp³-hybridized carbons (Fsp3) is 0.412. The van der Waals surface area contributed by atoms with Gasteiger partial charge in [-0.1, -0.05) is 23.7 Å². The molecule has 0 spiro atoms. The Bertz CT molecular complexity index is 741. The number of hydrogen-bond donors (Lipinski definition) is 1. The molecular weight excluding hydrogens is 314 g/mol. The van der Waals surface area contributed by atoms with Crippen LogP contribution >= 0.6 is 11.6 Å². The van der Waals surface area contributed by atoms with Crippen molar-refractivity contribution in [1.29, 1.82) is 0 Å². The van der Waals surface area contributed by atoms with Gasteiger partial charge >= 0.3 is 0 Å². The summed E-state index contributed by atoms with van der Waals surface area (Å²) in [6.45, 7) is 3.80. The molecule has 1 aliphatic rings. The summed E-state index contributed by atoms with van der Waals surface area (Å²) < 4.78 is 7.37. The number of amides is 1. The zero-order valence-corrected chi connectivity index (χ0v) is 14.2. The quantitative estimate of drug-likeness (QED) is 0.915. The largest absolute Gasteiger partial charge is 0.480 e. The van der Waals surface area contributed by atoms with E-state index in [4.69, 9.17) is 16.3 Å². The van der Waals surface area contributed by atoms with Crippen LogP contribution in [0.2, 0.25) is 5.02 Å². The highest BCUT2D eigenvalue weighted by molar-refractivity contribution is 6.30. The maximum Gasteiger partial charge on any atom is 0.258 e. The van der Waals surface area contributed by atoms with Gasteiger partial charge in [-0.25, -0.2) is 0 Å². The van der Waals surface area contributed by atoms with Gasteiger partial charge in [0.25, 0.3) is 5.91 Å². The number of nitrogens with one attached hydrogen (secondary N) is 1. The fourth-order valence-electron chi connectivity index (χ4n) is 2.81. The summed E-state index contributed by atoms with van der Waals surface area (Å²) in [5, 5.41) is 8.00. The van der Waals surface area contributed by atoms with Crippen molar-refractivity contribution in [2.24, 2.45) is 7.05 Å². The van der Waals surface area contributed by atoms with Crippen LogP contribution in [-0.4, -0.2) is 28.3 Å². The van der Waals surface area contributed by atoms with E-state index in [-0.39, 0.29) is 18.6 Å². The second kappa shape index (κ2) is 6.24. The van der Waals surface area contributed by atoms with E-state index in [1.165, 1.54) is 5.56 Å². The van der Waals surface area contributed by atoms with E-state index < -0.39 is 0 Å². The molecule has 2 atom stereocenters. The van der Waals surface area contributed by atoms with Gasteiger partial charge in [0.05, 0.1) is 5.69 Å². The topological polar surface area (TPSA) is 56.2 Å². The zero-order chi connectivity index (χ0) is 16.6. The third-order valence-electron chi connectivity index (χ3n) is 4.20. The van der Waals surface area contributed by atoms with Gasteiger partial charge < -0.3 is 10.1 Å². The highest BCUT2D eigenvalue weighted by Gasteiger charge is 2.39. The van der Waals surface area contributed by atoms with E-state index >= 15 is 0 Å². The maximum atomic E-state index is 12.1. The number of ether oxygens (including phenoxy) is 1. The van der Waals surface area contributed by atoms with Crippen LogP contribution in [0.4, 0.5) is 0 Å². The summed E-state index contributed by atoms with van der Waals surface area (Å²) in [5.41, 5.74) is 2.88. The van der Waals surface area contributed by atoms with Crippen LogP contribution in [0.1, 0.15) is 29.3 Å². The van der Waals surface area contributed by atoms with Crippen LogP contribution in [0.3, 0.4) is 0 Å². The standard InChI is InChI=1S/C17H20ClN3O2/c1-10-17(11(2)21(3)20-10)23-9-16(22)19-15-8-14(15)12-5-4-6-13(18)7-12/h4-7,14-15H,8-9H2,1-3H3,(H,19,22). The van der Waals surface area contributed by atoms with Crippen molar-refractivity contribution in [2.45, 2.75) is 32.2 Å². The molecule has 3 rings (SSSR count). The highest BCUT2D eigenvalue weighted by Crippen LogP contribution is 2.41. The summed E-state index contributed by atoms with van der Waals surface area (Å²) in [4.78, 5) is 12.1. The van der Waals surface area contributed by atoms with E-state index in [1.807, 2.05) is 45.2 Å². The van der Waals surface area contributed by atoms with Crippen molar-refractivity contribution >= 4 is 17.5 Å². The van der Waals surface area contributed by atoms with Crippen molar-refractivity contribution in [3.63, 3.8) is 0 Å². The second-order valence-corrected chi connectivity index (χ2v) is 6.42. The van der Waals surface area contributed by atoms with Crippen LogP contribution in [-0.2, 0) is 11.8 Å². The number of carbonyl (C=O) groups is 1. The maximum absolute atomic E-state index is 12.1. The summed E-state index contributed by atoms with van der Waals surface area (Å²) in [7, 11) is 1.86. The molecular formula is C17H20ClN3O2. The van der Waals surface area contributed by atoms with Crippen LogP contribution in [0.25, 0.3) is 0 Å². The van der Waals surface area contributed by atoms with Gasteiger partial charge in [0.15, 0.2) is 12.4 Å². The van der Waals surface area contributed by atoms with Crippen molar-refractivity contribution in [1.82, 2.24) is 15.1 Å². The lowest BCUT2D eigenvalue weighted by Gasteiger charge is -2.08. The van der Waals surface area contributed by atoms with E-state index in [2.05, 4.69) is 10.4 Å². The number of carbonyl (C=O) groups excluding carboxylic acids is 1. The summed E-state index contributed by atoms with van der Waals surface area (Å²) in [6.07, 6.45) is 0.941. The number of benzene rings is 1. The summed E-state index contributed by atoms with van der Waals surface area (Å²) in [6, 6.07) is 7.96. The van der Waals surface area contributed by atoms with Crippen molar-refractivity contribution in [2.75, 3.05) is 6.61 Å². The summed E-state index contributed by atoms with van der Waals surface area (Å²) >= 11 is 6.00. The Kier molecular flexibility index (Phi) is 4.31. The van der Waals surface area contributed by atoms with Gasteiger partial charge in [0, 0.05) is 24.0 Å². The molecule has 1 aliphatic carbocycles. The minimum atomic E-state index is -0.109. The average Bonchev–Trinajstić information content (AvgIpc) is 3.21. The predicted molar refractivity (Wildman–Crippen MR) is 88.9 cm³/mol. The third-order valence-corrected chi connectivity index (χ3v) is 4.44. The normalized spacial score (nSPS) is 19.5. The minimum Gasteiger partial charge on any atom is -0.480 e. The molecule has 2 aromatic rings. The van der Waals surface area contributed by atoms with Crippen LogP contribution in [0.15, 0.2) is 24.3 Å². The molecule has 2 unspecified atom stereocenters. The van der Waals surface area contributed by atoms with Gasteiger partial charge in [-0.2, -0.15) is 5.10 Å². The summed E-state index contributed by atoms with van der Waals surface area (Å²) in [5.74, 6) is 0.923. The lowest BCUT2D eigenvalue weighted by Crippen LogP contribution is -2.31. The first-order valence-corrected chi connectivity index (χ1v) is 8.01. The molecule has 1 fully saturated rings. The lowest BCUT2D eigenvalue weighted by atomic mass is 10.1. The zero-order valence-electron chi connectivity index (χ0n) is 13.5. The van der Waals surface area contributed by atoms with E-state index in [1.54, 1.807) is 4.68 Å². The number of aromatic nitrogens is 2. The molecule has 0 saturated heterocycles. The van der Waals surface area contributed by atoms with Gasteiger partial charge in [-0.05, 0) is 38.0 Å². The number of aryl methyl sites for hydroxylation is 2. The molecule has 1 N–H and O–H groups in total. The van der Waals surface area contributed by atoms with Crippen LogP contribution in [0.5, 0.6) is 5.75 Å². The SMILES string of the molecule is Cc1nn(C)c(C)c1OCC(=O)NC1CC1c1cccc(Cl)c1. The number of rotatable bonds is 5. The first-order valence-electron chi connectivity index (χ1n) is 7.63. The Morgan fingerprint density at radius 1 is 1.48 bits per heavy atom. The van der Waals surface area contributed by atoms with E-state index in [9.17, 15) is 4.79 Å². The first-order chi connectivity index (χ1) is 11.0. The fourth-order valence-corrected chi connectivity index (χ4v) is 3.01. The molecule has 23 heavy (non-hydrogen) atoms. The van der Waals surface area contributed by atoms with Crippen LogP contribution in [0, 0.1) is 13.8 Å². The van der Waals surface area contributed by atoms with Crippen molar-refractivity contribution < 1.29 is 9.53 Å². The van der Waals surface area contributed by atoms with E-state index in [0.717, 1.165) is 22.8 Å². The Labute approximate surface area is 140 Å². The number of nitrogens with zero attached hydrogens (tertiary/aromatic N) is 2. The molecule has 1 aromatic heterocycles. The van der Waals surface area contributed by atoms with E-state index in [0.29, 0.717) is 11.7 Å².